The first-order valence-corrected chi connectivity index (χ1v) is 7.54. The molecule has 118 valence electrons. The average Bonchev–Trinajstić information content (AvgIpc) is 3.25. The van der Waals surface area contributed by atoms with Crippen LogP contribution in [-0.2, 0) is 6.42 Å². The Labute approximate surface area is 134 Å². The minimum Gasteiger partial charge on any atom is -0.381 e. The smallest absolute Gasteiger partial charge is 0.206 e. The molecule has 0 fully saturated rings. The summed E-state index contributed by atoms with van der Waals surface area (Å²) in [7, 11) is 0. The number of hydrogen-bond donors (Lipinski definition) is 3. The zero-order chi connectivity index (χ0) is 16.1. The van der Waals surface area contributed by atoms with Crippen molar-refractivity contribution in [1.29, 1.82) is 0 Å². The third-order valence-corrected chi connectivity index (χ3v) is 3.77. The SMILES string of the molecule is CC(Cc1ccccc1)c1c[nH]c(/C=C/C(O)c2nn[nH]n2)c1. The molecular weight excluding hydrogens is 290 g/mol. The summed E-state index contributed by atoms with van der Waals surface area (Å²) in [5, 5.41) is 23.1. The molecule has 0 radical (unpaired) electrons. The molecule has 6 nitrogen and oxygen atoms in total. The van der Waals surface area contributed by atoms with Gasteiger partial charge < -0.3 is 10.1 Å². The number of aromatic amines is 2. The van der Waals surface area contributed by atoms with E-state index in [9.17, 15) is 5.11 Å². The summed E-state index contributed by atoms with van der Waals surface area (Å²) in [6.45, 7) is 2.21. The van der Waals surface area contributed by atoms with Gasteiger partial charge in [0.1, 0.15) is 6.10 Å². The molecule has 23 heavy (non-hydrogen) atoms. The fraction of sp³-hybridized carbons (Fsp3) is 0.235. The van der Waals surface area contributed by atoms with Crippen LogP contribution in [0.4, 0.5) is 0 Å². The van der Waals surface area contributed by atoms with Crippen molar-refractivity contribution in [1.82, 2.24) is 25.6 Å². The van der Waals surface area contributed by atoms with Crippen LogP contribution < -0.4 is 0 Å². The number of hydrogen-bond acceptors (Lipinski definition) is 4. The Morgan fingerprint density at radius 1 is 1.26 bits per heavy atom. The summed E-state index contributed by atoms with van der Waals surface area (Å²) in [5.41, 5.74) is 3.50. The maximum absolute atomic E-state index is 9.90. The molecule has 3 aromatic rings. The second-order valence-electron chi connectivity index (χ2n) is 5.55. The lowest BCUT2D eigenvalue weighted by molar-refractivity contribution is 0.219. The first-order valence-electron chi connectivity index (χ1n) is 7.54. The highest BCUT2D eigenvalue weighted by atomic mass is 16.3. The molecule has 0 amide bonds. The van der Waals surface area contributed by atoms with Gasteiger partial charge in [0.25, 0.3) is 0 Å². The molecule has 0 aliphatic heterocycles. The van der Waals surface area contributed by atoms with Gasteiger partial charge >= 0.3 is 0 Å². The molecule has 6 heteroatoms. The van der Waals surface area contributed by atoms with E-state index in [2.05, 4.69) is 62.9 Å². The van der Waals surface area contributed by atoms with E-state index in [1.54, 1.807) is 6.08 Å². The molecule has 3 N–H and O–H groups in total. The van der Waals surface area contributed by atoms with E-state index < -0.39 is 6.10 Å². The fourth-order valence-corrected chi connectivity index (χ4v) is 2.47. The van der Waals surface area contributed by atoms with Gasteiger partial charge in [0.05, 0.1) is 0 Å². The predicted octanol–water partition coefficient (Wildman–Crippen LogP) is 2.62. The van der Waals surface area contributed by atoms with Gasteiger partial charge in [0, 0.05) is 11.9 Å². The van der Waals surface area contributed by atoms with Gasteiger partial charge in [-0.2, -0.15) is 5.21 Å². The van der Waals surface area contributed by atoms with Gasteiger partial charge in [0.15, 0.2) is 0 Å². The zero-order valence-electron chi connectivity index (χ0n) is 12.8. The topological polar surface area (TPSA) is 90.5 Å². The lowest BCUT2D eigenvalue weighted by atomic mass is 9.95. The highest BCUT2D eigenvalue weighted by Gasteiger charge is 2.10. The number of aromatic nitrogens is 5. The van der Waals surface area contributed by atoms with Crippen molar-refractivity contribution in [2.75, 3.05) is 0 Å². The third-order valence-electron chi connectivity index (χ3n) is 3.77. The first-order chi connectivity index (χ1) is 11.2. The molecule has 2 atom stereocenters. The summed E-state index contributed by atoms with van der Waals surface area (Å²) < 4.78 is 0. The third kappa shape index (κ3) is 3.92. The highest BCUT2D eigenvalue weighted by molar-refractivity contribution is 5.47. The number of nitrogens with one attached hydrogen (secondary N) is 2. The Kier molecular flexibility index (Phi) is 4.63. The molecular formula is C17H19N5O. The standard InChI is InChI=1S/C17H19N5O/c1-12(9-13-5-3-2-4-6-13)14-10-15(18-11-14)7-8-16(23)17-19-21-22-20-17/h2-8,10-12,16,18,23H,9H2,1H3,(H,19,20,21,22)/b8-7+. The van der Waals surface area contributed by atoms with Crippen molar-refractivity contribution in [3.8, 4) is 0 Å². The number of H-pyrrole nitrogens is 2. The van der Waals surface area contributed by atoms with Crippen molar-refractivity contribution < 1.29 is 5.11 Å². The molecule has 2 heterocycles. The van der Waals surface area contributed by atoms with Crippen LogP contribution in [-0.4, -0.2) is 30.7 Å². The van der Waals surface area contributed by atoms with Gasteiger partial charge in [-0.15, -0.1) is 10.2 Å². The molecule has 3 rings (SSSR count). The zero-order valence-corrected chi connectivity index (χ0v) is 12.8. The lowest BCUT2D eigenvalue weighted by Crippen LogP contribution is -1.96. The normalized spacial score (nSPS) is 14.2. The second kappa shape index (κ2) is 7.02. The predicted molar refractivity (Wildman–Crippen MR) is 87.5 cm³/mol. The molecule has 2 unspecified atom stereocenters. The van der Waals surface area contributed by atoms with Crippen LogP contribution in [0.2, 0.25) is 0 Å². The maximum atomic E-state index is 9.90. The lowest BCUT2D eigenvalue weighted by Gasteiger charge is -2.09. The Morgan fingerprint density at radius 3 is 2.83 bits per heavy atom. The van der Waals surface area contributed by atoms with E-state index in [0.29, 0.717) is 5.92 Å². The molecule has 0 spiro atoms. The van der Waals surface area contributed by atoms with Crippen LogP contribution in [0.5, 0.6) is 0 Å². The number of tetrazole rings is 1. The van der Waals surface area contributed by atoms with Crippen LogP contribution in [0.1, 0.15) is 41.6 Å². The summed E-state index contributed by atoms with van der Waals surface area (Å²) in [6.07, 6.45) is 5.57. The summed E-state index contributed by atoms with van der Waals surface area (Å²) >= 11 is 0. The van der Waals surface area contributed by atoms with E-state index in [4.69, 9.17) is 0 Å². The Morgan fingerprint density at radius 2 is 2.09 bits per heavy atom. The van der Waals surface area contributed by atoms with E-state index >= 15 is 0 Å². The van der Waals surface area contributed by atoms with Crippen LogP contribution >= 0.6 is 0 Å². The van der Waals surface area contributed by atoms with Gasteiger partial charge in [-0.1, -0.05) is 42.5 Å². The quantitative estimate of drug-likeness (QED) is 0.653. The molecule has 0 saturated carbocycles. The van der Waals surface area contributed by atoms with Gasteiger partial charge in [-0.05, 0) is 41.7 Å². The van der Waals surface area contributed by atoms with E-state index in [1.807, 2.05) is 18.3 Å². The van der Waals surface area contributed by atoms with Crippen LogP contribution in [0.25, 0.3) is 6.08 Å². The van der Waals surface area contributed by atoms with Gasteiger partial charge in [0.2, 0.25) is 5.82 Å². The van der Waals surface area contributed by atoms with Crippen LogP contribution in [0.3, 0.4) is 0 Å². The fourth-order valence-electron chi connectivity index (χ4n) is 2.47. The Balaban J connectivity index is 1.63. The summed E-state index contributed by atoms with van der Waals surface area (Å²) in [4.78, 5) is 3.21. The van der Waals surface area contributed by atoms with E-state index in [-0.39, 0.29) is 5.82 Å². The maximum Gasteiger partial charge on any atom is 0.206 e. The molecule has 2 aromatic heterocycles. The average molecular weight is 309 g/mol. The van der Waals surface area contributed by atoms with Crippen LogP contribution in [0, 0.1) is 0 Å². The van der Waals surface area contributed by atoms with Crippen molar-refractivity contribution in [3.63, 3.8) is 0 Å². The summed E-state index contributed by atoms with van der Waals surface area (Å²) in [5.74, 6) is 0.670. The minimum atomic E-state index is -0.873. The van der Waals surface area contributed by atoms with Gasteiger partial charge in [-0.25, -0.2) is 0 Å². The van der Waals surface area contributed by atoms with Crippen molar-refractivity contribution >= 4 is 6.08 Å². The molecule has 0 bridgehead atoms. The number of rotatable bonds is 6. The first kappa shape index (κ1) is 15.2. The summed E-state index contributed by atoms with van der Waals surface area (Å²) in [6, 6.07) is 12.5. The number of aliphatic hydroxyl groups is 1. The number of nitrogens with zero attached hydrogens (tertiary/aromatic N) is 3. The molecule has 0 saturated heterocycles. The Hall–Kier alpha value is -2.73. The van der Waals surface area contributed by atoms with Crippen molar-refractivity contribution in [2.24, 2.45) is 0 Å². The molecule has 0 aliphatic carbocycles. The number of benzene rings is 1. The Bertz CT molecular complexity index is 748. The van der Waals surface area contributed by atoms with Crippen molar-refractivity contribution in [3.05, 3.63) is 71.3 Å². The number of aliphatic hydroxyl groups excluding tert-OH is 1. The van der Waals surface area contributed by atoms with Crippen LogP contribution in [0.15, 0.2) is 48.7 Å². The molecule has 1 aromatic carbocycles. The second-order valence-corrected chi connectivity index (χ2v) is 5.55. The minimum absolute atomic E-state index is 0.255. The van der Waals surface area contributed by atoms with Gasteiger partial charge in [-0.3, -0.25) is 0 Å². The van der Waals surface area contributed by atoms with E-state index in [1.165, 1.54) is 11.1 Å². The highest BCUT2D eigenvalue weighted by Crippen LogP contribution is 2.22. The van der Waals surface area contributed by atoms with Crippen molar-refractivity contribution in [2.45, 2.75) is 25.4 Å². The molecule has 0 aliphatic rings. The largest absolute Gasteiger partial charge is 0.381 e. The monoisotopic (exact) mass is 309 g/mol. The van der Waals surface area contributed by atoms with E-state index in [0.717, 1.165) is 12.1 Å².